The van der Waals surface area contributed by atoms with Crippen LogP contribution in [0.3, 0.4) is 0 Å². The van der Waals surface area contributed by atoms with Crippen molar-refractivity contribution in [3.63, 3.8) is 0 Å². The summed E-state index contributed by atoms with van der Waals surface area (Å²) in [6.45, 7) is 5.79. The number of aromatic nitrogens is 2. The highest BCUT2D eigenvalue weighted by atomic mass is 16.5. The van der Waals surface area contributed by atoms with Crippen molar-refractivity contribution in [2.45, 2.75) is 58.9 Å². The van der Waals surface area contributed by atoms with Crippen molar-refractivity contribution < 1.29 is 14.8 Å². The second-order valence-corrected chi connectivity index (χ2v) is 9.45. The Morgan fingerprint density at radius 3 is 2.72 bits per heavy atom. The van der Waals surface area contributed by atoms with Crippen LogP contribution in [0.4, 0.5) is 0 Å². The second-order valence-electron chi connectivity index (χ2n) is 9.45. The van der Waals surface area contributed by atoms with E-state index >= 15 is 0 Å². The molecule has 1 saturated carbocycles. The number of carbonyl (C=O) groups is 2. The predicted octanol–water partition coefficient (Wildman–Crippen LogP) is 2.20. The van der Waals surface area contributed by atoms with Crippen molar-refractivity contribution in [3.05, 3.63) is 17.7 Å². The molecule has 1 heterocycles. The lowest BCUT2D eigenvalue weighted by Gasteiger charge is -2.27. The van der Waals surface area contributed by atoms with Crippen LogP contribution in [0.25, 0.3) is 0 Å². The van der Waals surface area contributed by atoms with Gasteiger partial charge in [0, 0.05) is 37.8 Å². The van der Waals surface area contributed by atoms with Crippen LogP contribution < -0.4 is 5.32 Å². The first kappa shape index (κ1) is 23.3. The highest BCUT2D eigenvalue weighted by Gasteiger charge is 2.29. The van der Waals surface area contributed by atoms with E-state index in [-0.39, 0.29) is 23.8 Å². The van der Waals surface area contributed by atoms with E-state index in [1.807, 2.05) is 20.3 Å². The van der Waals surface area contributed by atoms with Gasteiger partial charge in [-0.15, -0.1) is 0 Å². The minimum atomic E-state index is -0.141. The zero-order valence-electron chi connectivity index (χ0n) is 18.3. The molecule has 1 aliphatic rings. The standard InChI is InChI=1S/C21H37N5O3/c1-21(2,10-19-22-11-18(24-19)13-25(3)4)14-23-20(28)9-17(12-26(29)15-27)16-7-5-6-8-16/h11,15-17,29H,5-10,12-14H2,1-4H3,(H,22,24)(H,23,28). The molecule has 0 saturated heterocycles. The summed E-state index contributed by atoms with van der Waals surface area (Å²) in [6.07, 6.45) is 7.78. The Morgan fingerprint density at radius 1 is 1.41 bits per heavy atom. The number of hydrogen-bond donors (Lipinski definition) is 3. The van der Waals surface area contributed by atoms with E-state index in [1.54, 1.807) is 0 Å². The molecule has 29 heavy (non-hydrogen) atoms. The molecule has 8 heteroatoms. The molecule has 3 N–H and O–H groups in total. The van der Waals surface area contributed by atoms with Crippen LogP contribution in [0.15, 0.2) is 6.20 Å². The summed E-state index contributed by atoms with van der Waals surface area (Å²) in [7, 11) is 4.04. The van der Waals surface area contributed by atoms with Crippen LogP contribution in [0.5, 0.6) is 0 Å². The quantitative estimate of drug-likeness (QED) is 0.280. The minimum absolute atomic E-state index is 0.00511. The third kappa shape index (κ3) is 8.14. The van der Waals surface area contributed by atoms with Gasteiger partial charge in [-0.1, -0.05) is 39.5 Å². The Hall–Kier alpha value is -1.93. The van der Waals surface area contributed by atoms with Gasteiger partial charge in [-0.25, -0.2) is 10.0 Å². The van der Waals surface area contributed by atoms with Gasteiger partial charge in [0.2, 0.25) is 12.3 Å². The first-order chi connectivity index (χ1) is 13.7. The van der Waals surface area contributed by atoms with E-state index in [9.17, 15) is 14.8 Å². The molecule has 0 bridgehead atoms. The number of amides is 2. The van der Waals surface area contributed by atoms with Crippen molar-refractivity contribution in [1.82, 2.24) is 25.2 Å². The Kier molecular flexibility index (Phi) is 8.64. The Balaban J connectivity index is 1.84. The first-order valence-corrected chi connectivity index (χ1v) is 10.5. The van der Waals surface area contributed by atoms with Crippen molar-refractivity contribution >= 4 is 12.3 Å². The fourth-order valence-corrected chi connectivity index (χ4v) is 4.17. The Bertz CT molecular complexity index is 652. The zero-order chi connectivity index (χ0) is 21.4. The molecule has 2 rings (SSSR count). The van der Waals surface area contributed by atoms with Crippen molar-refractivity contribution in [3.8, 4) is 0 Å². The summed E-state index contributed by atoms with van der Waals surface area (Å²) in [5, 5.41) is 13.3. The fraction of sp³-hybridized carbons (Fsp3) is 0.762. The summed E-state index contributed by atoms with van der Waals surface area (Å²) in [6, 6.07) is 0. The molecule has 0 aromatic carbocycles. The van der Waals surface area contributed by atoms with Crippen LogP contribution >= 0.6 is 0 Å². The number of aromatic amines is 1. The normalized spacial score (nSPS) is 16.2. The van der Waals surface area contributed by atoms with Gasteiger partial charge in [0.1, 0.15) is 5.82 Å². The monoisotopic (exact) mass is 407 g/mol. The lowest BCUT2D eigenvalue weighted by molar-refractivity contribution is -0.154. The number of hydrogen-bond acceptors (Lipinski definition) is 5. The van der Waals surface area contributed by atoms with Gasteiger partial charge in [-0.2, -0.15) is 0 Å². The molecular weight excluding hydrogens is 370 g/mol. The lowest BCUT2D eigenvalue weighted by atomic mass is 9.86. The molecule has 0 radical (unpaired) electrons. The van der Waals surface area contributed by atoms with Crippen molar-refractivity contribution in [1.29, 1.82) is 0 Å². The number of nitrogens with zero attached hydrogens (tertiary/aromatic N) is 3. The third-order valence-corrected chi connectivity index (χ3v) is 5.64. The molecule has 1 aromatic rings. The van der Waals surface area contributed by atoms with E-state index < -0.39 is 0 Å². The van der Waals surface area contributed by atoms with E-state index in [0.29, 0.717) is 30.4 Å². The largest absolute Gasteiger partial charge is 0.356 e. The SMILES string of the molecule is CN(C)Cc1cnc(CC(C)(C)CNC(=O)CC(CN(O)C=O)C2CCCC2)[nH]1. The maximum Gasteiger partial charge on any atom is 0.233 e. The molecular formula is C21H37N5O3. The number of nitrogens with one attached hydrogen (secondary N) is 2. The smallest absolute Gasteiger partial charge is 0.233 e. The number of hydroxylamine groups is 2. The molecule has 1 aromatic heterocycles. The topological polar surface area (TPSA) is 102 Å². The molecule has 0 aliphatic heterocycles. The molecule has 1 unspecified atom stereocenters. The maximum absolute atomic E-state index is 12.6. The summed E-state index contributed by atoms with van der Waals surface area (Å²) in [4.78, 5) is 33.3. The van der Waals surface area contributed by atoms with Crippen molar-refractivity contribution in [2.24, 2.45) is 17.3 Å². The van der Waals surface area contributed by atoms with Crippen molar-refractivity contribution in [2.75, 3.05) is 27.2 Å². The maximum atomic E-state index is 12.6. The van der Waals surface area contributed by atoms with Crippen LogP contribution in [-0.4, -0.2) is 64.6 Å². The molecule has 8 nitrogen and oxygen atoms in total. The molecule has 164 valence electrons. The van der Waals surface area contributed by atoms with Crippen LogP contribution in [0, 0.1) is 17.3 Å². The summed E-state index contributed by atoms with van der Waals surface area (Å²) in [5.74, 6) is 1.28. The summed E-state index contributed by atoms with van der Waals surface area (Å²) >= 11 is 0. The van der Waals surface area contributed by atoms with E-state index in [2.05, 4.69) is 34.0 Å². The zero-order valence-corrected chi connectivity index (χ0v) is 18.3. The number of carbonyl (C=O) groups excluding carboxylic acids is 2. The van der Waals surface area contributed by atoms with E-state index in [4.69, 9.17) is 0 Å². The Morgan fingerprint density at radius 2 is 2.10 bits per heavy atom. The van der Waals surface area contributed by atoms with Gasteiger partial charge in [-0.05, 0) is 31.3 Å². The predicted molar refractivity (Wildman–Crippen MR) is 111 cm³/mol. The van der Waals surface area contributed by atoms with Gasteiger partial charge < -0.3 is 15.2 Å². The average molecular weight is 408 g/mol. The number of imidazole rings is 1. The molecule has 1 fully saturated rings. The third-order valence-electron chi connectivity index (χ3n) is 5.64. The molecule has 1 atom stereocenters. The molecule has 0 spiro atoms. The van der Waals surface area contributed by atoms with Crippen LogP contribution in [0.2, 0.25) is 0 Å². The van der Waals surface area contributed by atoms with Gasteiger partial charge in [0.05, 0.1) is 6.54 Å². The van der Waals surface area contributed by atoms with Gasteiger partial charge >= 0.3 is 0 Å². The van der Waals surface area contributed by atoms with E-state index in [0.717, 1.165) is 50.2 Å². The average Bonchev–Trinajstić information content (AvgIpc) is 3.31. The van der Waals surface area contributed by atoms with Crippen LogP contribution in [0.1, 0.15) is 57.5 Å². The van der Waals surface area contributed by atoms with Gasteiger partial charge in [0.15, 0.2) is 0 Å². The first-order valence-electron chi connectivity index (χ1n) is 10.5. The van der Waals surface area contributed by atoms with Crippen LogP contribution in [-0.2, 0) is 22.6 Å². The summed E-state index contributed by atoms with van der Waals surface area (Å²) in [5.41, 5.74) is 0.936. The minimum Gasteiger partial charge on any atom is -0.356 e. The fourth-order valence-electron chi connectivity index (χ4n) is 4.17. The van der Waals surface area contributed by atoms with Gasteiger partial charge in [-0.3, -0.25) is 14.8 Å². The highest BCUT2D eigenvalue weighted by Crippen LogP contribution is 2.33. The Labute approximate surface area is 174 Å². The lowest BCUT2D eigenvalue weighted by Crippen LogP contribution is -2.38. The van der Waals surface area contributed by atoms with E-state index in [1.165, 1.54) is 0 Å². The molecule has 1 aliphatic carbocycles. The summed E-state index contributed by atoms with van der Waals surface area (Å²) < 4.78 is 0. The molecule has 2 amide bonds. The highest BCUT2D eigenvalue weighted by molar-refractivity contribution is 5.76. The second kappa shape index (κ2) is 10.7. The number of rotatable bonds is 12. The number of H-pyrrole nitrogens is 1. The van der Waals surface area contributed by atoms with Gasteiger partial charge in [0.25, 0.3) is 0 Å².